The minimum atomic E-state index is -0.169. The lowest BCUT2D eigenvalue weighted by molar-refractivity contribution is 0.0920. The van der Waals surface area contributed by atoms with E-state index in [0.29, 0.717) is 23.9 Å². The van der Waals surface area contributed by atoms with Gasteiger partial charge in [-0.1, -0.05) is 19.1 Å². The van der Waals surface area contributed by atoms with E-state index in [4.69, 9.17) is 4.42 Å². The highest BCUT2D eigenvalue weighted by Crippen LogP contribution is 2.26. The number of hydrogen-bond acceptors (Lipinski definition) is 3. The molecule has 0 spiro atoms. The topological polar surface area (TPSA) is 45.5 Å². The molecule has 0 atom stereocenters. The Labute approximate surface area is 133 Å². The highest BCUT2D eigenvalue weighted by Gasteiger charge is 2.14. The van der Waals surface area contributed by atoms with Crippen molar-refractivity contribution in [2.24, 2.45) is 0 Å². The molecule has 0 radical (unpaired) electrons. The Morgan fingerprint density at radius 3 is 2.81 bits per heavy atom. The molecule has 0 aliphatic rings. The van der Waals surface area contributed by atoms with E-state index < -0.39 is 0 Å². The van der Waals surface area contributed by atoms with Gasteiger partial charge in [-0.25, -0.2) is 0 Å². The molecule has 1 aromatic heterocycles. The van der Waals surface area contributed by atoms with Crippen LogP contribution in [0.5, 0.6) is 0 Å². The summed E-state index contributed by atoms with van der Waals surface area (Å²) in [5, 5.41) is 3.83. The van der Waals surface area contributed by atoms with Gasteiger partial charge in [0, 0.05) is 24.5 Å². The van der Waals surface area contributed by atoms with E-state index in [1.807, 2.05) is 18.2 Å². The molecule has 0 aliphatic heterocycles. The molecule has 21 heavy (non-hydrogen) atoms. The number of nitrogens with zero attached hydrogens (tertiary/aromatic N) is 1. The van der Waals surface area contributed by atoms with Crippen LogP contribution >= 0.6 is 15.9 Å². The maximum Gasteiger partial charge on any atom is 0.287 e. The van der Waals surface area contributed by atoms with Crippen LogP contribution < -0.4 is 5.32 Å². The molecule has 0 fully saturated rings. The molecule has 114 valence electrons. The van der Waals surface area contributed by atoms with Crippen molar-refractivity contribution in [2.45, 2.75) is 26.8 Å². The van der Waals surface area contributed by atoms with Crippen LogP contribution in [-0.2, 0) is 0 Å². The van der Waals surface area contributed by atoms with Crippen molar-refractivity contribution < 1.29 is 9.21 Å². The van der Waals surface area contributed by atoms with Gasteiger partial charge in [0.2, 0.25) is 0 Å². The molecule has 0 aliphatic carbocycles. The van der Waals surface area contributed by atoms with Gasteiger partial charge in [-0.3, -0.25) is 9.69 Å². The number of amides is 1. The molecule has 1 N–H and O–H groups in total. The van der Waals surface area contributed by atoms with Crippen LogP contribution in [0.25, 0.3) is 11.0 Å². The fourth-order valence-electron chi connectivity index (χ4n) is 2.32. The fraction of sp³-hybridized carbons (Fsp3) is 0.438. The second-order valence-corrected chi connectivity index (χ2v) is 6.10. The number of nitrogens with one attached hydrogen (secondary N) is 1. The number of benzene rings is 1. The van der Waals surface area contributed by atoms with Gasteiger partial charge in [-0.15, -0.1) is 0 Å². The monoisotopic (exact) mass is 352 g/mol. The summed E-state index contributed by atoms with van der Waals surface area (Å²) in [7, 11) is 0. The summed E-state index contributed by atoms with van der Waals surface area (Å²) in [6, 6.07) is 8.00. The van der Waals surface area contributed by atoms with Crippen molar-refractivity contribution in [2.75, 3.05) is 19.6 Å². The Bertz CT molecular complexity index is 622. The summed E-state index contributed by atoms with van der Waals surface area (Å²) < 4.78 is 6.48. The summed E-state index contributed by atoms with van der Waals surface area (Å²) in [5.41, 5.74) is 0.708. The molecule has 1 heterocycles. The van der Waals surface area contributed by atoms with Crippen LogP contribution in [0.15, 0.2) is 33.2 Å². The van der Waals surface area contributed by atoms with Crippen molar-refractivity contribution in [1.82, 2.24) is 10.2 Å². The Kier molecular flexibility index (Phi) is 5.42. The number of halogens is 1. The lowest BCUT2D eigenvalue weighted by Crippen LogP contribution is -2.38. The molecule has 5 heteroatoms. The van der Waals surface area contributed by atoms with Crippen LogP contribution in [0.4, 0.5) is 0 Å². The van der Waals surface area contributed by atoms with Gasteiger partial charge >= 0.3 is 0 Å². The first kappa shape index (κ1) is 16.0. The number of fused-ring (bicyclic) bond motifs is 1. The summed E-state index contributed by atoms with van der Waals surface area (Å²) in [5.74, 6) is 0.183. The minimum absolute atomic E-state index is 0.169. The van der Waals surface area contributed by atoms with Gasteiger partial charge in [-0.05, 0) is 48.5 Å². The molecule has 0 unspecified atom stereocenters. The largest absolute Gasteiger partial charge is 0.450 e. The molecular weight excluding hydrogens is 332 g/mol. The quantitative estimate of drug-likeness (QED) is 0.862. The molecule has 0 bridgehead atoms. The van der Waals surface area contributed by atoms with Crippen molar-refractivity contribution >= 4 is 32.8 Å². The average Bonchev–Trinajstić information content (AvgIpc) is 2.88. The third kappa shape index (κ3) is 3.86. The molecule has 0 saturated carbocycles. The zero-order valence-corrected chi connectivity index (χ0v) is 14.2. The first-order chi connectivity index (χ1) is 10.0. The summed E-state index contributed by atoms with van der Waals surface area (Å²) >= 11 is 3.42. The van der Waals surface area contributed by atoms with Crippen LogP contribution in [-0.4, -0.2) is 36.5 Å². The van der Waals surface area contributed by atoms with Crippen LogP contribution in [0.1, 0.15) is 31.3 Å². The first-order valence-electron chi connectivity index (χ1n) is 7.23. The number of furan rings is 1. The molecule has 2 aromatic rings. The second-order valence-electron chi connectivity index (χ2n) is 5.25. The van der Waals surface area contributed by atoms with Crippen molar-refractivity contribution in [3.63, 3.8) is 0 Å². The molecule has 2 rings (SSSR count). The highest BCUT2D eigenvalue weighted by molar-refractivity contribution is 9.10. The standard InChI is InChI=1S/C16H21BrN2O2/c1-4-19(11(2)3)9-8-18-16(20)14-10-12-6-5-7-13(17)15(12)21-14/h5-7,10-11H,4,8-9H2,1-3H3,(H,18,20). The predicted molar refractivity (Wildman–Crippen MR) is 88.6 cm³/mol. The van der Waals surface area contributed by atoms with E-state index in [-0.39, 0.29) is 5.91 Å². The number of hydrogen-bond donors (Lipinski definition) is 1. The maximum atomic E-state index is 12.1. The van der Waals surface area contributed by atoms with E-state index >= 15 is 0 Å². The lowest BCUT2D eigenvalue weighted by Gasteiger charge is -2.24. The third-order valence-electron chi connectivity index (χ3n) is 3.54. The zero-order valence-electron chi connectivity index (χ0n) is 12.6. The molecular formula is C16H21BrN2O2. The molecule has 1 amide bonds. The van der Waals surface area contributed by atoms with Gasteiger partial charge in [-0.2, -0.15) is 0 Å². The van der Waals surface area contributed by atoms with E-state index in [9.17, 15) is 4.79 Å². The Hall–Kier alpha value is -1.33. The number of carbonyl (C=O) groups is 1. The summed E-state index contributed by atoms with van der Waals surface area (Å²) in [6.07, 6.45) is 0. The van der Waals surface area contributed by atoms with Gasteiger partial charge in [0.1, 0.15) is 5.58 Å². The Morgan fingerprint density at radius 1 is 1.43 bits per heavy atom. The highest BCUT2D eigenvalue weighted by atomic mass is 79.9. The molecule has 1 aromatic carbocycles. The van der Waals surface area contributed by atoms with Gasteiger partial charge in [0.05, 0.1) is 4.47 Å². The van der Waals surface area contributed by atoms with Crippen molar-refractivity contribution in [1.29, 1.82) is 0 Å². The summed E-state index contributed by atoms with van der Waals surface area (Å²) in [6.45, 7) is 8.86. The van der Waals surface area contributed by atoms with Gasteiger partial charge in [0.25, 0.3) is 5.91 Å². The van der Waals surface area contributed by atoms with E-state index in [0.717, 1.165) is 22.9 Å². The first-order valence-corrected chi connectivity index (χ1v) is 8.02. The van der Waals surface area contributed by atoms with Gasteiger partial charge in [0.15, 0.2) is 5.76 Å². The predicted octanol–water partition coefficient (Wildman–Crippen LogP) is 3.66. The van der Waals surface area contributed by atoms with Crippen LogP contribution in [0.2, 0.25) is 0 Å². The molecule has 0 saturated heterocycles. The molecule has 4 nitrogen and oxygen atoms in total. The van der Waals surface area contributed by atoms with Crippen LogP contribution in [0, 0.1) is 0 Å². The second kappa shape index (κ2) is 7.09. The normalized spacial score (nSPS) is 11.5. The fourth-order valence-corrected chi connectivity index (χ4v) is 2.78. The Morgan fingerprint density at radius 2 is 2.19 bits per heavy atom. The van der Waals surface area contributed by atoms with Gasteiger partial charge < -0.3 is 9.73 Å². The lowest BCUT2D eigenvalue weighted by atomic mass is 10.2. The number of para-hydroxylation sites is 1. The smallest absolute Gasteiger partial charge is 0.287 e. The van der Waals surface area contributed by atoms with Crippen LogP contribution in [0.3, 0.4) is 0 Å². The average molecular weight is 353 g/mol. The number of carbonyl (C=O) groups excluding carboxylic acids is 1. The third-order valence-corrected chi connectivity index (χ3v) is 4.17. The minimum Gasteiger partial charge on any atom is -0.450 e. The summed E-state index contributed by atoms with van der Waals surface area (Å²) in [4.78, 5) is 14.4. The van der Waals surface area contributed by atoms with Crippen molar-refractivity contribution in [3.05, 3.63) is 34.5 Å². The number of likely N-dealkylation sites (N-methyl/N-ethyl adjacent to an activating group) is 1. The van der Waals surface area contributed by atoms with E-state index in [1.165, 1.54) is 0 Å². The number of rotatable bonds is 6. The maximum absolute atomic E-state index is 12.1. The zero-order chi connectivity index (χ0) is 15.4. The Balaban J connectivity index is 1.98. The van der Waals surface area contributed by atoms with Crippen molar-refractivity contribution in [3.8, 4) is 0 Å². The van der Waals surface area contributed by atoms with E-state index in [2.05, 4.69) is 46.9 Å². The van der Waals surface area contributed by atoms with E-state index in [1.54, 1.807) is 6.07 Å². The SMILES string of the molecule is CCN(CCNC(=O)c1cc2cccc(Br)c2o1)C(C)C.